The molecule has 534 valence electrons. The van der Waals surface area contributed by atoms with Crippen LogP contribution in [0.5, 0.6) is 0 Å². The normalized spacial score (nSPS) is 13.1. The molecule has 0 heterocycles. The van der Waals surface area contributed by atoms with Crippen molar-refractivity contribution < 1.29 is 42.9 Å². The summed E-state index contributed by atoms with van der Waals surface area (Å²) in [4.78, 5) is 37.7. The molecule has 1 N–H and O–H groups in total. The zero-order valence-electron chi connectivity index (χ0n) is 61.2. The highest BCUT2D eigenvalue weighted by molar-refractivity contribution is 5.71. The van der Waals surface area contributed by atoms with Gasteiger partial charge < -0.3 is 28.5 Å². The highest BCUT2D eigenvalue weighted by Gasteiger charge is 2.25. The molecule has 0 aromatic carbocycles. The Morgan fingerprint density at radius 2 is 0.620 bits per heavy atom. The molecule has 9 heteroatoms. The lowest BCUT2D eigenvalue weighted by Crippen LogP contribution is -2.40. The van der Waals surface area contributed by atoms with Gasteiger partial charge in [-0.15, -0.1) is 0 Å². The summed E-state index contributed by atoms with van der Waals surface area (Å²) >= 11 is 0. The molecule has 0 rings (SSSR count). The first-order valence-electron chi connectivity index (χ1n) is 39.3. The van der Waals surface area contributed by atoms with Crippen molar-refractivity contribution in [3.05, 3.63) is 85.1 Å². The van der Waals surface area contributed by atoms with Crippen LogP contribution in [0.2, 0.25) is 0 Å². The van der Waals surface area contributed by atoms with Crippen molar-refractivity contribution >= 4 is 17.9 Å². The molecule has 0 saturated heterocycles. The van der Waals surface area contributed by atoms with Crippen LogP contribution in [0.1, 0.15) is 367 Å². The number of hydrogen-bond acceptors (Lipinski definition) is 7. The predicted octanol–water partition coefficient (Wildman–Crippen LogP) is 25.0. The number of carbonyl (C=O) groups is 3. The Balaban J connectivity index is 4.04. The van der Waals surface area contributed by atoms with Crippen LogP contribution < -0.4 is 0 Å². The van der Waals surface area contributed by atoms with Crippen LogP contribution in [0, 0.1) is 0 Å². The number of carboxylic acids is 1. The van der Waals surface area contributed by atoms with E-state index in [0.717, 1.165) is 83.5 Å². The number of likely N-dealkylation sites (N-methyl/N-ethyl adjacent to an activating group) is 1. The molecule has 0 radical (unpaired) electrons. The third-order valence-electron chi connectivity index (χ3n) is 17.4. The SMILES string of the molecule is CC/C=C\C/C=C\C/C=C\C/C=C\C/C=C\C/C=C\C/C=C\CCCCCCCCCCCCCCCC(=O)OC(COC(=O)CCCCCCCCCCCCCCCCCCCCCCCCCCCCCCCCCC)COC(OCC[N+](C)(C)C)C(=O)O. The monoisotopic (exact) mass is 1290 g/mol. The highest BCUT2D eigenvalue weighted by Crippen LogP contribution is 2.19. The van der Waals surface area contributed by atoms with E-state index in [2.05, 4.69) is 98.9 Å². The zero-order chi connectivity index (χ0) is 66.8. The minimum Gasteiger partial charge on any atom is -0.477 e. The lowest BCUT2D eigenvalue weighted by Gasteiger charge is -2.25. The fourth-order valence-corrected chi connectivity index (χ4v) is 11.5. The maximum atomic E-state index is 13.0. The van der Waals surface area contributed by atoms with Crippen LogP contribution >= 0.6 is 0 Å². The number of allylic oxidation sites excluding steroid dienone is 14. The van der Waals surface area contributed by atoms with E-state index in [-0.39, 0.29) is 32.2 Å². The lowest BCUT2D eigenvalue weighted by molar-refractivity contribution is -0.870. The standard InChI is InChI=1S/C83H149NO8/c1-6-8-10-12-14-16-18-20-22-24-26-28-30-32-34-36-38-40-41-42-44-46-48-50-52-54-56-58-60-62-64-66-68-70-72-74-81(86)92-79(78-91-83(82(87)88)89-76-75-84(3,4)5)77-90-80(85)73-71-69-67-65-63-61-59-57-55-53-51-49-47-45-43-39-37-35-33-31-29-27-25-23-21-19-17-15-13-11-9-7-2/h8,10,14,16,20,22,26,28,32,34,38,40,42,44,79,83H,6-7,9,11-13,15,17-19,21,23-25,27,29-31,33,35-37,39,41,43,45-78H2,1-5H3/p+1/b10-8-,16-14-,22-20-,28-26-,34-32-,40-38-,44-42-. The summed E-state index contributed by atoms with van der Waals surface area (Å²) in [6, 6.07) is 0. The summed E-state index contributed by atoms with van der Waals surface area (Å²) in [5, 5.41) is 9.77. The Hall–Kier alpha value is -3.53. The first-order chi connectivity index (χ1) is 45.1. The average Bonchev–Trinajstić information content (AvgIpc) is 3.70. The van der Waals surface area contributed by atoms with Crippen molar-refractivity contribution in [1.29, 1.82) is 0 Å². The van der Waals surface area contributed by atoms with E-state index >= 15 is 0 Å². The van der Waals surface area contributed by atoms with Crippen molar-refractivity contribution in [2.24, 2.45) is 0 Å². The van der Waals surface area contributed by atoms with Crippen LogP contribution in [0.25, 0.3) is 0 Å². The third-order valence-corrected chi connectivity index (χ3v) is 17.4. The average molecular weight is 1290 g/mol. The molecular formula is C83H150NO8+. The Bertz CT molecular complexity index is 1790. The lowest BCUT2D eigenvalue weighted by atomic mass is 10.0. The van der Waals surface area contributed by atoms with Crippen molar-refractivity contribution in [3.63, 3.8) is 0 Å². The van der Waals surface area contributed by atoms with Crippen LogP contribution in [0.3, 0.4) is 0 Å². The smallest absolute Gasteiger partial charge is 0.361 e. The summed E-state index contributed by atoms with van der Waals surface area (Å²) in [6.07, 6.45) is 97.3. The molecule has 0 amide bonds. The fraction of sp³-hybridized carbons (Fsp3) is 0.795. The van der Waals surface area contributed by atoms with Gasteiger partial charge in [0, 0.05) is 12.8 Å². The van der Waals surface area contributed by atoms with Crippen molar-refractivity contribution in [3.8, 4) is 0 Å². The summed E-state index contributed by atoms with van der Waals surface area (Å²) < 4.78 is 23.0. The number of unbranched alkanes of at least 4 members (excludes halogenated alkanes) is 44. The largest absolute Gasteiger partial charge is 0.477 e. The Kier molecular flexibility index (Phi) is 70.5. The molecule has 0 aliphatic rings. The second kappa shape index (κ2) is 73.3. The Morgan fingerprint density at radius 3 is 0.924 bits per heavy atom. The molecule has 0 saturated carbocycles. The van der Waals surface area contributed by atoms with Crippen LogP contribution in [0.15, 0.2) is 85.1 Å². The molecule has 0 bridgehead atoms. The van der Waals surface area contributed by atoms with E-state index in [1.54, 1.807) is 0 Å². The van der Waals surface area contributed by atoms with Crippen LogP contribution in [-0.2, 0) is 33.3 Å². The number of aliphatic carboxylic acids is 1. The van der Waals surface area contributed by atoms with E-state index < -0.39 is 24.3 Å². The van der Waals surface area contributed by atoms with E-state index in [4.69, 9.17) is 18.9 Å². The maximum Gasteiger partial charge on any atom is 0.361 e. The number of esters is 2. The number of hydrogen-bond donors (Lipinski definition) is 1. The molecule has 0 aromatic rings. The van der Waals surface area contributed by atoms with Gasteiger partial charge in [0.05, 0.1) is 34.4 Å². The van der Waals surface area contributed by atoms with Gasteiger partial charge in [-0.05, 0) is 70.6 Å². The minimum atomic E-state index is -1.51. The first-order valence-corrected chi connectivity index (χ1v) is 39.3. The minimum absolute atomic E-state index is 0.181. The van der Waals surface area contributed by atoms with Gasteiger partial charge in [-0.3, -0.25) is 9.59 Å². The van der Waals surface area contributed by atoms with Crippen LogP contribution in [0.4, 0.5) is 0 Å². The van der Waals surface area contributed by atoms with Gasteiger partial charge in [-0.1, -0.05) is 369 Å². The summed E-state index contributed by atoms with van der Waals surface area (Å²) in [5.41, 5.74) is 0. The van der Waals surface area contributed by atoms with E-state index in [1.165, 1.54) is 257 Å². The molecule has 0 aromatic heterocycles. The number of nitrogens with zero attached hydrogens (tertiary/aromatic N) is 1. The number of carboxylic acid groups (broad SMARTS) is 1. The second-order valence-corrected chi connectivity index (χ2v) is 27.7. The number of ether oxygens (including phenoxy) is 4. The van der Waals surface area contributed by atoms with E-state index in [0.29, 0.717) is 17.4 Å². The van der Waals surface area contributed by atoms with Gasteiger partial charge in [0.25, 0.3) is 6.29 Å². The summed E-state index contributed by atoms with van der Waals surface area (Å²) in [5.74, 6) is -1.99. The highest BCUT2D eigenvalue weighted by atomic mass is 16.7. The number of carbonyl (C=O) groups excluding carboxylic acids is 2. The number of quaternary nitrogens is 1. The van der Waals surface area contributed by atoms with Gasteiger partial charge in [-0.2, -0.15) is 0 Å². The molecule has 0 aliphatic carbocycles. The molecule has 2 unspecified atom stereocenters. The van der Waals surface area contributed by atoms with Crippen molar-refractivity contribution in [2.75, 3.05) is 47.5 Å². The van der Waals surface area contributed by atoms with E-state index in [1.807, 2.05) is 21.1 Å². The quantitative estimate of drug-likeness (QED) is 0.0211. The van der Waals surface area contributed by atoms with Gasteiger partial charge in [0.15, 0.2) is 6.10 Å². The zero-order valence-corrected chi connectivity index (χ0v) is 61.2. The Labute approximate surface area is 570 Å². The molecule has 2 atom stereocenters. The molecular weight excluding hydrogens is 1140 g/mol. The molecule has 9 nitrogen and oxygen atoms in total. The predicted molar refractivity (Wildman–Crippen MR) is 396 cm³/mol. The Morgan fingerprint density at radius 1 is 0.337 bits per heavy atom. The number of rotatable bonds is 73. The maximum absolute atomic E-state index is 13.0. The topological polar surface area (TPSA) is 108 Å². The molecule has 0 spiro atoms. The fourth-order valence-electron chi connectivity index (χ4n) is 11.5. The second-order valence-electron chi connectivity index (χ2n) is 27.7. The third kappa shape index (κ3) is 73.9. The summed E-state index contributed by atoms with van der Waals surface area (Å²) in [7, 11) is 5.99. The van der Waals surface area contributed by atoms with Gasteiger partial charge in [0.1, 0.15) is 13.2 Å². The van der Waals surface area contributed by atoms with Gasteiger partial charge >= 0.3 is 17.9 Å². The van der Waals surface area contributed by atoms with Crippen molar-refractivity contribution in [2.45, 2.75) is 379 Å². The summed E-state index contributed by atoms with van der Waals surface area (Å²) in [6.45, 7) is 4.82. The molecule has 0 fully saturated rings. The first kappa shape index (κ1) is 88.5. The van der Waals surface area contributed by atoms with Gasteiger partial charge in [-0.25, -0.2) is 4.79 Å². The molecule has 0 aliphatic heterocycles. The van der Waals surface area contributed by atoms with Crippen LogP contribution in [-0.4, -0.2) is 87.4 Å². The van der Waals surface area contributed by atoms with Gasteiger partial charge in [0.2, 0.25) is 0 Å². The molecule has 92 heavy (non-hydrogen) atoms. The van der Waals surface area contributed by atoms with E-state index in [9.17, 15) is 19.5 Å². The van der Waals surface area contributed by atoms with Crippen molar-refractivity contribution in [1.82, 2.24) is 0 Å².